The molecule has 1 heterocycles. The van der Waals surface area contributed by atoms with E-state index in [0.717, 1.165) is 56.0 Å². The smallest absolute Gasteiger partial charge is 0.240 e. The Morgan fingerprint density at radius 2 is 1.66 bits per heavy atom. The fraction of sp³-hybridized carbons (Fsp3) is 0.455. The molecule has 0 saturated carbocycles. The maximum absolute atomic E-state index is 12.5. The average Bonchev–Trinajstić information content (AvgIpc) is 2.73. The summed E-state index contributed by atoms with van der Waals surface area (Å²) in [5.74, 6) is 0.871. The Hall–Kier alpha value is -2.09. The van der Waals surface area contributed by atoms with E-state index in [9.17, 15) is 8.42 Å². The molecule has 7 heteroatoms. The fourth-order valence-electron chi connectivity index (χ4n) is 3.50. The van der Waals surface area contributed by atoms with Crippen LogP contribution in [-0.4, -0.2) is 59.7 Å². The first-order valence-corrected chi connectivity index (χ1v) is 11.6. The molecule has 1 saturated heterocycles. The molecule has 0 bridgehead atoms. The van der Waals surface area contributed by atoms with E-state index in [4.69, 9.17) is 4.74 Å². The monoisotopic (exact) mass is 417 g/mol. The molecule has 0 amide bonds. The molecule has 1 N–H and O–H groups in total. The number of ether oxygens (including phenoxy) is 1. The van der Waals surface area contributed by atoms with Gasteiger partial charge in [-0.1, -0.05) is 6.07 Å². The van der Waals surface area contributed by atoms with Crippen molar-refractivity contribution in [2.24, 2.45) is 0 Å². The summed E-state index contributed by atoms with van der Waals surface area (Å²) in [5, 5.41) is 0. The van der Waals surface area contributed by atoms with Crippen LogP contribution in [0.1, 0.15) is 17.5 Å². The summed E-state index contributed by atoms with van der Waals surface area (Å²) < 4.78 is 32.9. The zero-order valence-electron chi connectivity index (χ0n) is 17.5. The van der Waals surface area contributed by atoms with Gasteiger partial charge in [-0.05, 0) is 74.3 Å². The normalized spacial score (nSPS) is 15.5. The predicted octanol–water partition coefficient (Wildman–Crippen LogP) is 2.80. The quantitative estimate of drug-likeness (QED) is 0.669. The van der Waals surface area contributed by atoms with Crippen molar-refractivity contribution in [1.82, 2.24) is 9.62 Å². The largest absolute Gasteiger partial charge is 0.497 e. The second kappa shape index (κ2) is 9.61. The first kappa shape index (κ1) is 21.6. The molecule has 6 nitrogen and oxygen atoms in total. The molecule has 2 aromatic carbocycles. The highest BCUT2D eigenvalue weighted by molar-refractivity contribution is 7.89. The molecular weight excluding hydrogens is 386 g/mol. The van der Waals surface area contributed by atoms with Crippen LogP contribution in [0.5, 0.6) is 5.75 Å². The van der Waals surface area contributed by atoms with Gasteiger partial charge in [0.25, 0.3) is 0 Å². The van der Waals surface area contributed by atoms with Gasteiger partial charge in [-0.15, -0.1) is 0 Å². The third kappa shape index (κ3) is 5.72. The molecule has 0 aliphatic carbocycles. The van der Waals surface area contributed by atoms with Gasteiger partial charge in [-0.25, -0.2) is 13.1 Å². The van der Waals surface area contributed by atoms with Crippen molar-refractivity contribution in [3.05, 3.63) is 53.6 Å². The van der Waals surface area contributed by atoms with E-state index in [1.165, 1.54) is 5.69 Å². The number of nitrogens with one attached hydrogen (secondary N) is 1. The van der Waals surface area contributed by atoms with Crippen LogP contribution in [0.3, 0.4) is 0 Å². The van der Waals surface area contributed by atoms with Crippen LogP contribution in [-0.2, 0) is 10.0 Å². The minimum atomic E-state index is -3.44. The Labute approximate surface area is 174 Å². The van der Waals surface area contributed by atoms with Crippen molar-refractivity contribution in [2.75, 3.05) is 51.3 Å². The molecule has 29 heavy (non-hydrogen) atoms. The van der Waals surface area contributed by atoms with Crippen LogP contribution in [0, 0.1) is 13.8 Å². The van der Waals surface area contributed by atoms with Crippen LogP contribution >= 0.6 is 0 Å². The zero-order valence-corrected chi connectivity index (χ0v) is 18.3. The first-order valence-electron chi connectivity index (χ1n) is 10.1. The van der Waals surface area contributed by atoms with Gasteiger partial charge in [-0.3, -0.25) is 4.90 Å². The summed E-state index contributed by atoms with van der Waals surface area (Å²) in [6.45, 7) is 9.17. The number of hydrogen-bond acceptors (Lipinski definition) is 5. The van der Waals surface area contributed by atoms with Crippen molar-refractivity contribution >= 4 is 15.7 Å². The van der Waals surface area contributed by atoms with Gasteiger partial charge >= 0.3 is 0 Å². The lowest BCUT2D eigenvalue weighted by Gasteiger charge is -2.36. The van der Waals surface area contributed by atoms with E-state index in [0.29, 0.717) is 11.4 Å². The topological polar surface area (TPSA) is 61.9 Å². The summed E-state index contributed by atoms with van der Waals surface area (Å²) in [6, 6.07) is 13.4. The van der Waals surface area contributed by atoms with Gasteiger partial charge in [0.1, 0.15) is 5.75 Å². The van der Waals surface area contributed by atoms with E-state index < -0.39 is 10.0 Å². The van der Waals surface area contributed by atoms with Gasteiger partial charge in [0.15, 0.2) is 0 Å². The second-order valence-corrected chi connectivity index (χ2v) is 9.29. The maximum atomic E-state index is 12.5. The maximum Gasteiger partial charge on any atom is 0.240 e. The first-order chi connectivity index (χ1) is 13.9. The highest BCUT2D eigenvalue weighted by Crippen LogP contribution is 2.20. The summed E-state index contributed by atoms with van der Waals surface area (Å²) >= 11 is 0. The number of nitrogens with zero attached hydrogens (tertiary/aromatic N) is 2. The molecule has 1 aliphatic rings. The van der Waals surface area contributed by atoms with E-state index in [1.807, 2.05) is 32.0 Å². The van der Waals surface area contributed by atoms with Crippen LogP contribution in [0.25, 0.3) is 0 Å². The van der Waals surface area contributed by atoms with E-state index in [-0.39, 0.29) is 0 Å². The molecule has 2 aromatic rings. The Kier molecular flexibility index (Phi) is 7.16. The number of methoxy groups -OCH3 is 1. The number of anilines is 1. The number of aryl methyl sites for hydroxylation is 2. The molecule has 3 rings (SSSR count). The number of rotatable bonds is 8. The lowest BCUT2D eigenvalue weighted by molar-refractivity contribution is 0.255. The van der Waals surface area contributed by atoms with Crippen LogP contribution in [0.15, 0.2) is 47.4 Å². The molecule has 1 aliphatic heterocycles. The fourth-order valence-corrected chi connectivity index (χ4v) is 4.66. The van der Waals surface area contributed by atoms with Crippen molar-refractivity contribution in [2.45, 2.75) is 25.2 Å². The highest BCUT2D eigenvalue weighted by atomic mass is 32.2. The van der Waals surface area contributed by atoms with Gasteiger partial charge in [0.05, 0.1) is 12.0 Å². The number of benzene rings is 2. The summed E-state index contributed by atoms with van der Waals surface area (Å²) in [4.78, 5) is 5.11. The van der Waals surface area contributed by atoms with Crippen molar-refractivity contribution < 1.29 is 13.2 Å². The SMILES string of the molecule is COc1ccc(N2CCN(CCCNS(=O)(=O)c3ccc(C)c(C)c3)CC2)cc1. The summed E-state index contributed by atoms with van der Waals surface area (Å²) in [6.07, 6.45) is 0.798. The van der Waals surface area contributed by atoms with Crippen LogP contribution in [0.2, 0.25) is 0 Å². The minimum absolute atomic E-state index is 0.341. The molecule has 0 spiro atoms. The molecule has 0 aromatic heterocycles. The van der Waals surface area contributed by atoms with Crippen molar-refractivity contribution in [3.63, 3.8) is 0 Å². The Morgan fingerprint density at radius 3 is 2.28 bits per heavy atom. The molecular formula is C22H31N3O3S. The number of sulfonamides is 1. The predicted molar refractivity (Wildman–Crippen MR) is 117 cm³/mol. The minimum Gasteiger partial charge on any atom is -0.497 e. The molecule has 0 unspecified atom stereocenters. The van der Waals surface area contributed by atoms with Gasteiger partial charge in [0, 0.05) is 38.4 Å². The Balaban J connectivity index is 1.40. The molecule has 1 fully saturated rings. The van der Waals surface area contributed by atoms with E-state index >= 15 is 0 Å². The van der Waals surface area contributed by atoms with Crippen molar-refractivity contribution in [1.29, 1.82) is 0 Å². The third-order valence-electron chi connectivity index (χ3n) is 5.54. The number of piperazine rings is 1. The van der Waals surface area contributed by atoms with Crippen LogP contribution in [0.4, 0.5) is 5.69 Å². The van der Waals surface area contributed by atoms with Crippen LogP contribution < -0.4 is 14.4 Å². The second-order valence-electron chi connectivity index (χ2n) is 7.52. The standard InChI is InChI=1S/C22H31N3O3S/c1-18-5-10-22(17-19(18)2)29(26,27)23-11-4-12-24-13-15-25(16-14-24)20-6-8-21(28-3)9-7-20/h5-10,17,23H,4,11-16H2,1-3H3. The van der Waals surface area contributed by atoms with E-state index in [1.54, 1.807) is 19.2 Å². The highest BCUT2D eigenvalue weighted by Gasteiger charge is 2.18. The zero-order chi connectivity index (χ0) is 20.9. The third-order valence-corrected chi connectivity index (χ3v) is 7.00. The van der Waals surface area contributed by atoms with Gasteiger partial charge < -0.3 is 9.64 Å². The number of hydrogen-bond donors (Lipinski definition) is 1. The van der Waals surface area contributed by atoms with Crippen molar-refractivity contribution in [3.8, 4) is 5.75 Å². The average molecular weight is 418 g/mol. The Bertz CT molecular complexity index is 905. The van der Waals surface area contributed by atoms with Gasteiger partial charge in [-0.2, -0.15) is 0 Å². The van der Waals surface area contributed by atoms with Gasteiger partial charge in [0.2, 0.25) is 10.0 Å². The molecule has 0 atom stereocenters. The molecule has 158 valence electrons. The Morgan fingerprint density at radius 1 is 0.966 bits per heavy atom. The lowest BCUT2D eigenvalue weighted by atomic mass is 10.1. The molecule has 0 radical (unpaired) electrons. The van der Waals surface area contributed by atoms with E-state index in [2.05, 4.69) is 26.7 Å². The lowest BCUT2D eigenvalue weighted by Crippen LogP contribution is -2.47. The summed E-state index contributed by atoms with van der Waals surface area (Å²) in [7, 11) is -1.76. The summed E-state index contributed by atoms with van der Waals surface area (Å²) in [5.41, 5.74) is 3.30.